The lowest BCUT2D eigenvalue weighted by Gasteiger charge is -2.22. The molecule has 0 aromatic carbocycles. The Labute approximate surface area is 99.9 Å². The van der Waals surface area contributed by atoms with Crippen molar-refractivity contribution >= 4 is 5.97 Å². The molecule has 0 fully saturated rings. The lowest BCUT2D eigenvalue weighted by molar-refractivity contribution is -0.274. The van der Waals surface area contributed by atoms with Crippen molar-refractivity contribution < 1.29 is 36.2 Å². The maximum absolute atomic E-state index is 12.9. The van der Waals surface area contributed by atoms with E-state index in [9.17, 15) is 26.7 Å². The summed E-state index contributed by atoms with van der Waals surface area (Å²) in [6.07, 6.45) is -11.9. The molecule has 0 amide bonds. The second-order valence-corrected chi connectivity index (χ2v) is 3.35. The van der Waals surface area contributed by atoms with Crippen LogP contribution < -0.4 is 0 Å². The van der Waals surface area contributed by atoms with Crippen molar-refractivity contribution in [1.29, 1.82) is 0 Å². The highest BCUT2D eigenvalue weighted by molar-refractivity contribution is 5.86. The Bertz CT molecular complexity index is 319. The quantitative estimate of drug-likeness (QED) is 0.321. The van der Waals surface area contributed by atoms with E-state index in [0.717, 1.165) is 18.2 Å². The summed E-state index contributed by atoms with van der Waals surface area (Å²) < 4.78 is 69.8. The van der Waals surface area contributed by atoms with Crippen LogP contribution >= 0.6 is 0 Å². The number of ether oxygens (including phenoxy) is 2. The minimum absolute atomic E-state index is 0.748. The van der Waals surface area contributed by atoms with Crippen LogP contribution in [0.4, 0.5) is 22.0 Å². The van der Waals surface area contributed by atoms with Crippen molar-refractivity contribution in [2.75, 3.05) is 21.2 Å². The molecular formula is C9H12F5NO3. The molecule has 0 bridgehead atoms. The minimum atomic E-state index is -4.84. The Morgan fingerprint density at radius 1 is 1.28 bits per heavy atom. The van der Waals surface area contributed by atoms with E-state index in [1.165, 1.54) is 14.1 Å². The molecule has 0 aromatic heterocycles. The molecule has 0 rings (SSSR count). The lowest BCUT2D eigenvalue weighted by Crippen LogP contribution is -2.39. The maximum Gasteiger partial charge on any atom is 0.436 e. The zero-order valence-electron chi connectivity index (χ0n) is 9.79. The Morgan fingerprint density at radius 2 is 1.78 bits per heavy atom. The number of carbonyl (C=O) groups excluding carboxylic acids is 1. The van der Waals surface area contributed by atoms with Gasteiger partial charge < -0.3 is 14.4 Å². The fraction of sp³-hybridized carbons (Fsp3) is 0.667. The average molecular weight is 277 g/mol. The molecule has 0 aromatic rings. The van der Waals surface area contributed by atoms with Crippen LogP contribution in [0.15, 0.2) is 12.0 Å². The van der Waals surface area contributed by atoms with Crippen molar-refractivity contribution in [2.24, 2.45) is 0 Å². The van der Waals surface area contributed by atoms with Crippen LogP contribution in [0.5, 0.6) is 0 Å². The third kappa shape index (κ3) is 4.76. The van der Waals surface area contributed by atoms with Crippen molar-refractivity contribution in [3.8, 4) is 0 Å². The van der Waals surface area contributed by atoms with Gasteiger partial charge in [0.05, 0.1) is 7.11 Å². The summed E-state index contributed by atoms with van der Waals surface area (Å²) in [6, 6.07) is 0. The van der Waals surface area contributed by atoms with Gasteiger partial charge in [0.25, 0.3) is 12.6 Å². The minimum Gasteiger partial charge on any atom is -0.463 e. The third-order valence-electron chi connectivity index (χ3n) is 1.55. The summed E-state index contributed by atoms with van der Waals surface area (Å²) >= 11 is 0. The van der Waals surface area contributed by atoms with Crippen molar-refractivity contribution in [2.45, 2.75) is 18.7 Å². The molecule has 0 radical (unpaired) electrons. The van der Waals surface area contributed by atoms with Gasteiger partial charge in [0, 0.05) is 20.3 Å². The van der Waals surface area contributed by atoms with Gasteiger partial charge in [-0.2, -0.15) is 8.78 Å². The fourth-order valence-electron chi connectivity index (χ4n) is 0.805. The molecule has 0 aliphatic carbocycles. The molecule has 0 N–H and O–H groups in total. The molecule has 1 atom stereocenters. The van der Waals surface area contributed by atoms with Gasteiger partial charge >= 0.3 is 12.1 Å². The molecule has 0 spiro atoms. The largest absolute Gasteiger partial charge is 0.463 e. The predicted octanol–water partition coefficient (Wildman–Crippen LogP) is 1.77. The van der Waals surface area contributed by atoms with Crippen LogP contribution in [0, 0.1) is 0 Å². The lowest BCUT2D eigenvalue weighted by atomic mass is 10.3. The van der Waals surface area contributed by atoms with Gasteiger partial charge in [-0.05, 0) is 0 Å². The van der Waals surface area contributed by atoms with Crippen LogP contribution in [0.3, 0.4) is 0 Å². The van der Waals surface area contributed by atoms with Gasteiger partial charge in [0.15, 0.2) is 0 Å². The van der Waals surface area contributed by atoms with Gasteiger partial charge in [-0.1, -0.05) is 0 Å². The van der Waals surface area contributed by atoms with Crippen LogP contribution in [0.1, 0.15) is 0 Å². The highest BCUT2D eigenvalue weighted by Gasteiger charge is 2.50. The topological polar surface area (TPSA) is 38.8 Å². The fourth-order valence-corrected chi connectivity index (χ4v) is 0.805. The second-order valence-electron chi connectivity index (χ2n) is 3.35. The van der Waals surface area contributed by atoms with E-state index in [-0.39, 0.29) is 0 Å². The molecule has 0 aliphatic rings. The second kappa shape index (κ2) is 6.41. The first kappa shape index (κ1) is 16.5. The van der Waals surface area contributed by atoms with Crippen molar-refractivity contribution in [3.63, 3.8) is 0 Å². The van der Waals surface area contributed by atoms with Crippen LogP contribution in [-0.4, -0.2) is 50.8 Å². The van der Waals surface area contributed by atoms with Crippen LogP contribution in [-0.2, 0) is 14.3 Å². The number of rotatable bonds is 6. The Hall–Kier alpha value is -1.54. The molecule has 0 saturated heterocycles. The van der Waals surface area contributed by atoms with E-state index in [2.05, 4.69) is 9.47 Å². The smallest absolute Gasteiger partial charge is 0.436 e. The summed E-state index contributed by atoms with van der Waals surface area (Å²) in [7, 11) is 3.57. The highest BCUT2D eigenvalue weighted by Crippen LogP contribution is 2.30. The molecule has 106 valence electrons. The van der Waals surface area contributed by atoms with Gasteiger partial charge in [0.2, 0.25) is 5.76 Å². The van der Waals surface area contributed by atoms with E-state index in [1.54, 1.807) is 0 Å². The molecule has 0 heterocycles. The summed E-state index contributed by atoms with van der Waals surface area (Å²) in [5.74, 6) is -2.43. The standard InChI is InChI=1S/C9H12F5NO3/c1-15(2)4-5(8(16)17-3)18-9(13,14)6(10)7(11)12/h4,6-7H,1-3H3/b5-4+. The molecule has 18 heavy (non-hydrogen) atoms. The van der Waals surface area contributed by atoms with Gasteiger partial charge in [-0.15, -0.1) is 0 Å². The third-order valence-corrected chi connectivity index (χ3v) is 1.55. The molecule has 9 heteroatoms. The summed E-state index contributed by atoms with van der Waals surface area (Å²) in [5.41, 5.74) is 0. The van der Waals surface area contributed by atoms with Crippen molar-refractivity contribution in [1.82, 2.24) is 4.90 Å². The zero-order valence-corrected chi connectivity index (χ0v) is 9.79. The molecule has 0 aliphatic heterocycles. The molecule has 4 nitrogen and oxygen atoms in total. The molecule has 0 saturated carbocycles. The number of nitrogens with zero attached hydrogens (tertiary/aromatic N) is 1. The van der Waals surface area contributed by atoms with Crippen molar-refractivity contribution in [3.05, 3.63) is 12.0 Å². The predicted molar refractivity (Wildman–Crippen MR) is 50.7 cm³/mol. The number of halogens is 5. The average Bonchev–Trinajstić information content (AvgIpc) is 2.24. The van der Waals surface area contributed by atoms with Gasteiger partial charge in [-0.25, -0.2) is 18.0 Å². The molecular weight excluding hydrogens is 265 g/mol. The summed E-state index contributed by atoms with van der Waals surface area (Å²) in [5, 5.41) is 0. The maximum atomic E-state index is 12.9. The Morgan fingerprint density at radius 3 is 2.11 bits per heavy atom. The van der Waals surface area contributed by atoms with E-state index >= 15 is 0 Å². The van der Waals surface area contributed by atoms with Gasteiger partial charge in [-0.3, -0.25) is 0 Å². The molecule has 1 unspecified atom stereocenters. The number of hydrogen-bond acceptors (Lipinski definition) is 4. The van der Waals surface area contributed by atoms with Crippen LogP contribution in [0.2, 0.25) is 0 Å². The first-order chi connectivity index (χ1) is 8.11. The number of esters is 1. The monoisotopic (exact) mass is 277 g/mol. The number of carbonyl (C=O) groups is 1. The highest BCUT2D eigenvalue weighted by atomic mass is 19.3. The number of methoxy groups -OCH3 is 1. The summed E-state index contributed by atoms with van der Waals surface area (Å²) in [4.78, 5) is 12.2. The van der Waals surface area contributed by atoms with E-state index in [0.29, 0.717) is 0 Å². The van der Waals surface area contributed by atoms with E-state index in [1.807, 2.05) is 0 Å². The SMILES string of the molecule is COC(=O)/C(=C\N(C)C)OC(F)(F)C(F)C(F)F. The first-order valence-corrected chi connectivity index (χ1v) is 4.57. The first-order valence-electron chi connectivity index (χ1n) is 4.57. The normalized spacial score (nSPS) is 14.4. The van der Waals surface area contributed by atoms with E-state index in [4.69, 9.17) is 0 Å². The Kier molecular flexibility index (Phi) is 5.86. The van der Waals surface area contributed by atoms with Gasteiger partial charge in [0.1, 0.15) is 0 Å². The Balaban J connectivity index is 5.04. The number of hydrogen-bond donors (Lipinski definition) is 0. The number of alkyl halides is 5. The summed E-state index contributed by atoms with van der Waals surface area (Å²) in [6.45, 7) is 0. The van der Waals surface area contributed by atoms with E-state index < -0.39 is 30.4 Å². The zero-order chi connectivity index (χ0) is 14.5. The van der Waals surface area contributed by atoms with Crippen LogP contribution in [0.25, 0.3) is 0 Å².